The molecule has 0 spiro atoms. The summed E-state index contributed by atoms with van der Waals surface area (Å²) in [5.41, 5.74) is 2.38. The fraction of sp³-hybridized carbons (Fsp3) is 0.786. The van der Waals surface area contributed by atoms with E-state index in [2.05, 4.69) is 70.4 Å². The second-order valence-corrected chi connectivity index (χ2v) is 5.98. The van der Waals surface area contributed by atoms with Crippen molar-refractivity contribution in [2.75, 3.05) is 33.7 Å². The molecule has 1 rings (SSSR count). The third-order valence-corrected chi connectivity index (χ3v) is 4.38. The molecular weight excluding hydrogens is 304 g/mol. The summed E-state index contributed by atoms with van der Waals surface area (Å²) in [5.74, 6) is 0. The Kier molecular flexibility index (Phi) is 7.04. The zero-order chi connectivity index (χ0) is 14.4. The van der Waals surface area contributed by atoms with Gasteiger partial charge < -0.3 is 4.90 Å². The van der Waals surface area contributed by atoms with Crippen molar-refractivity contribution < 1.29 is 0 Å². The minimum atomic E-state index is 0.928. The molecule has 1 aromatic heterocycles. The van der Waals surface area contributed by atoms with Crippen LogP contribution in [0, 0.1) is 6.92 Å². The Morgan fingerprint density at radius 1 is 1.21 bits per heavy atom. The number of rotatable bonds is 8. The Balaban J connectivity index is 2.65. The van der Waals surface area contributed by atoms with Gasteiger partial charge in [0.1, 0.15) is 0 Å². The first-order chi connectivity index (χ1) is 8.99. The molecule has 0 radical (unpaired) electrons. The van der Waals surface area contributed by atoms with Gasteiger partial charge in [-0.2, -0.15) is 5.10 Å². The Bertz CT molecular complexity index is 387. The number of hydrogen-bond donors (Lipinski definition) is 0. The normalized spacial score (nSPS) is 11.8. The van der Waals surface area contributed by atoms with Crippen molar-refractivity contribution in [3.05, 3.63) is 15.9 Å². The first-order valence-corrected chi connectivity index (χ1v) is 7.87. The van der Waals surface area contributed by atoms with Crippen molar-refractivity contribution in [1.82, 2.24) is 19.6 Å². The summed E-state index contributed by atoms with van der Waals surface area (Å²) in [5, 5.41) is 4.56. The molecule has 110 valence electrons. The van der Waals surface area contributed by atoms with Crippen molar-refractivity contribution in [2.24, 2.45) is 0 Å². The van der Waals surface area contributed by atoms with Gasteiger partial charge in [-0.25, -0.2) is 0 Å². The van der Waals surface area contributed by atoms with E-state index in [0.717, 1.165) is 38.4 Å². The molecule has 0 aliphatic heterocycles. The zero-order valence-corrected chi connectivity index (χ0v) is 14.5. The second-order valence-electron chi connectivity index (χ2n) is 5.19. The number of aryl methyl sites for hydroxylation is 2. The van der Waals surface area contributed by atoms with Crippen LogP contribution in [0.15, 0.2) is 4.47 Å². The maximum atomic E-state index is 4.56. The minimum Gasteiger partial charge on any atom is -0.309 e. The summed E-state index contributed by atoms with van der Waals surface area (Å²) in [6.45, 7) is 11.7. The maximum Gasteiger partial charge on any atom is 0.0739 e. The highest BCUT2D eigenvalue weighted by Crippen LogP contribution is 2.22. The summed E-state index contributed by atoms with van der Waals surface area (Å²) in [7, 11) is 4.25. The lowest BCUT2D eigenvalue weighted by molar-refractivity contribution is 0.252. The third kappa shape index (κ3) is 4.89. The van der Waals surface area contributed by atoms with Gasteiger partial charge >= 0.3 is 0 Å². The molecule has 0 aliphatic rings. The SMILES string of the molecule is CCN(CCCN(C)C)Cc1c(Br)c(C)nn1CC. The molecular formula is C14H27BrN4. The van der Waals surface area contributed by atoms with Crippen molar-refractivity contribution in [1.29, 1.82) is 0 Å². The number of halogens is 1. The number of nitrogens with zero attached hydrogens (tertiary/aromatic N) is 4. The van der Waals surface area contributed by atoms with Gasteiger partial charge in [0.05, 0.1) is 15.9 Å². The van der Waals surface area contributed by atoms with E-state index in [4.69, 9.17) is 0 Å². The van der Waals surface area contributed by atoms with Crippen LogP contribution in [0.2, 0.25) is 0 Å². The largest absolute Gasteiger partial charge is 0.309 e. The van der Waals surface area contributed by atoms with Gasteiger partial charge in [0, 0.05) is 13.1 Å². The summed E-state index contributed by atoms with van der Waals surface area (Å²) < 4.78 is 3.27. The Hall–Kier alpha value is -0.390. The van der Waals surface area contributed by atoms with Crippen LogP contribution in [0.25, 0.3) is 0 Å². The topological polar surface area (TPSA) is 24.3 Å². The Labute approximate surface area is 125 Å². The van der Waals surface area contributed by atoms with E-state index in [0.29, 0.717) is 0 Å². The van der Waals surface area contributed by atoms with Crippen LogP contribution in [0.3, 0.4) is 0 Å². The molecule has 1 aromatic rings. The molecule has 0 bridgehead atoms. The maximum absolute atomic E-state index is 4.56. The monoisotopic (exact) mass is 330 g/mol. The summed E-state index contributed by atoms with van der Waals surface area (Å²) in [4.78, 5) is 4.72. The van der Waals surface area contributed by atoms with Crippen LogP contribution >= 0.6 is 15.9 Å². The van der Waals surface area contributed by atoms with Gasteiger partial charge in [0.2, 0.25) is 0 Å². The summed E-state index contributed by atoms with van der Waals surface area (Å²) >= 11 is 3.67. The lowest BCUT2D eigenvalue weighted by Crippen LogP contribution is -2.28. The standard InChI is InChI=1S/C14H27BrN4/c1-6-18(10-8-9-17(4)5)11-13-14(15)12(3)16-19(13)7-2/h6-11H2,1-5H3. The average Bonchev–Trinajstić information content (AvgIpc) is 2.64. The van der Waals surface area contributed by atoms with Gasteiger partial charge in [-0.3, -0.25) is 9.58 Å². The van der Waals surface area contributed by atoms with E-state index in [-0.39, 0.29) is 0 Å². The average molecular weight is 331 g/mol. The van der Waals surface area contributed by atoms with E-state index in [9.17, 15) is 0 Å². The van der Waals surface area contributed by atoms with Crippen LogP contribution in [0.5, 0.6) is 0 Å². The molecule has 0 aromatic carbocycles. The molecule has 1 heterocycles. The van der Waals surface area contributed by atoms with Gasteiger partial charge in [-0.15, -0.1) is 0 Å². The third-order valence-electron chi connectivity index (χ3n) is 3.35. The van der Waals surface area contributed by atoms with Crippen molar-refractivity contribution in [3.8, 4) is 0 Å². The summed E-state index contributed by atoms with van der Waals surface area (Å²) in [6, 6.07) is 0. The van der Waals surface area contributed by atoms with Crippen LogP contribution < -0.4 is 0 Å². The first-order valence-electron chi connectivity index (χ1n) is 7.08. The fourth-order valence-electron chi connectivity index (χ4n) is 2.19. The van der Waals surface area contributed by atoms with E-state index >= 15 is 0 Å². The predicted octanol–water partition coefficient (Wildman–Crippen LogP) is 2.75. The van der Waals surface area contributed by atoms with E-state index < -0.39 is 0 Å². The van der Waals surface area contributed by atoms with Gasteiger partial charge in [0.25, 0.3) is 0 Å². The minimum absolute atomic E-state index is 0.928. The lowest BCUT2D eigenvalue weighted by atomic mass is 10.3. The molecule has 0 saturated heterocycles. The second kappa shape index (κ2) is 8.02. The Morgan fingerprint density at radius 2 is 1.89 bits per heavy atom. The molecule has 0 atom stereocenters. The molecule has 0 amide bonds. The Morgan fingerprint density at radius 3 is 2.42 bits per heavy atom. The zero-order valence-electron chi connectivity index (χ0n) is 12.9. The van der Waals surface area contributed by atoms with Gasteiger partial charge in [-0.1, -0.05) is 6.92 Å². The molecule has 0 unspecified atom stereocenters. The smallest absolute Gasteiger partial charge is 0.0739 e. The predicted molar refractivity (Wildman–Crippen MR) is 84.5 cm³/mol. The fourth-order valence-corrected chi connectivity index (χ4v) is 2.60. The summed E-state index contributed by atoms with van der Waals surface area (Å²) in [6.07, 6.45) is 1.21. The molecule has 4 nitrogen and oxygen atoms in total. The molecule has 0 N–H and O–H groups in total. The molecule has 5 heteroatoms. The molecule has 0 aliphatic carbocycles. The van der Waals surface area contributed by atoms with E-state index in [1.165, 1.54) is 16.6 Å². The number of hydrogen-bond acceptors (Lipinski definition) is 3. The van der Waals surface area contributed by atoms with E-state index in [1.807, 2.05) is 0 Å². The van der Waals surface area contributed by atoms with Gasteiger partial charge in [0.15, 0.2) is 0 Å². The van der Waals surface area contributed by atoms with Crippen LogP contribution in [0.4, 0.5) is 0 Å². The molecule has 0 fully saturated rings. The number of aromatic nitrogens is 2. The van der Waals surface area contributed by atoms with Crippen molar-refractivity contribution >= 4 is 15.9 Å². The van der Waals surface area contributed by atoms with E-state index in [1.54, 1.807) is 0 Å². The van der Waals surface area contributed by atoms with Gasteiger partial charge in [-0.05, 0) is 69.9 Å². The van der Waals surface area contributed by atoms with Crippen LogP contribution in [-0.2, 0) is 13.1 Å². The highest BCUT2D eigenvalue weighted by atomic mass is 79.9. The van der Waals surface area contributed by atoms with Crippen LogP contribution in [0.1, 0.15) is 31.7 Å². The first kappa shape index (κ1) is 16.7. The lowest BCUT2D eigenvalue weighted by Gasteiger charge is -2.22. The quantitative estimate of drug-likeness (QED) is 0.732. The highest BCUT2D eigenvalue weighted by molar-refractivity contribution is 9.10. The van der Waals surface area contributed by atoms with Crippen molar-refractivity contribution in [2.45, 2.75) is 40.3 Å². The highest BCUT2D eigenvalue weighted by Gasteiger charge is 2.14. The van der Waals surface area contributed by atoms with Crippen molar-refractivity contribution in [3.63, 3.8) is 0 Å². The van der Waals surface area contributed by atoms with Crippen LogP contribution in [-0.4, -0.2) is 53.3 Å². The molecule has 19 heavy (non-hydrogen) atoms. The molecule has 0 saturated carbocycles.